The van der Waals surface area contributed by atoms with Crippen molar-refractivity contribution in [2.45, 2.75) is 38.6 Å². The van der Waals surface area contributed by atoms with Crippen LogP contribution in [0.4, 0.5) is 10.5 Å². The summed E-state index contributed by atoms with van der Waals surface area (Å²) in [6.07, 6.45) is 2.18. The molecule has 2 aromatic rings. The van der Waals surface area contributed by atoms with E-state index in [-0.39, 0.29) is 35.4 Å². The van der Waals surface area contributed by atoms with Gasteiger partial charge < -0.3 is 20.9 Å². The number of hydrogen-bond acceptors (Lipinski definition) is 3. The van der Waals surface area contributed by atoms with Crippen molar-refractivity contribution in [2.24, 2.45) is 4.99 Å². The Hall–Kier alpha value is -1.81. The molecule has 30 heavy (non-hydrogen) atoms. The molecule has 1 aromatic heterocycles. The summed E-state index contributed by atoms with van der Waals surface area (Å²) in [4.78, 5) is 19.8. The van der Waals surface area contributed by atoms with Crippen molar-refractivity contribution in [3.8, 4) is 0 Å². The lowest BCUT2D eigenvalue weighted by atomic mass is 9.91. The summed E-state index contributed by atoms with van der Waals surface area (Å²) < 4.78 is 0. The van der Waals surface area contributed by atoms with E-state index in [0.717, 1.165) is 49.7 Å². The molecule has 1 aromatic carbocycles. The van der Waals surface area contributed by atoms with E-state index in [1.165, 1.54) is 4.88 Å². The third-order valence-corrected chi connectivity index (χ3v) is 6.38. The van der Waals surface area contributed by atoms with Gasteiger partial charge in [-0.3, -0.25) is 4.99 Å². The molecule has 0 radical (unpaired) electrons. The van der Waals surface area contributed by atoms with E-state index in [4.69, 9.17) is 0 Å². The normalized spacial score (nSPS) is 14.2. The molecule has 2 amide bonds. The largest absolute Gasteiger partial charge is 0.356 e. The number of rotatable bonds is 6. The van der Waals surface area contributed by atoms with Crippen molar-refractivity contribution >= 4 is 53.0 Å². The number of carbonyl (C=O) groups excluding carboxylic acids is 1. The zero-order chi connectivity index (χ0) is 20.7. The average molecular weight is 542 g/mol. The number of nitrogens with one attached hydrogen (secondary N) is 3. The van der Waals surface area contributed by atoms with Crippen LogP contribution in [0, 0.1) is 0 Å². The van der Waals surface area contributed by atoms with Crippen molar-refractivity contribution in [2.75, 3.05) is 32.0 Å². The lowest BCUT2D eigenvalue weighted by Crippen LogP contribution is -2.42. The summed E-state index contributed by atoms with van der Waals surface area (Å²) in [7, 11) is 1.78. The highest BCUT2D eigenvalue weighted by molar-refractivity contribution is 14.0. The van der Waals surface area contributed by atoms with Gasteiger partial charge in [-0.05, 0) is 42.0 Å². The molecule has 1 aliphatic heterocycles. The van der Waals surface area contributed by atoms with Crippen LogP contribution >= 0.6 is 35.3 Å². The van der Waals surface area contributed by atoms with Gasteiger partial charge in [0.05, 0.1) is 0 Å². The highest BCUT2D eigenvalue weighted by atomic mass is 127. The Morgan fingerprint density at radius 2 is 1.93 bits per heavy atom. The second-order valence-electron chi connectivity index (χ2n) is 7.97. The van der Waals surface area contributed by atoms with Crippen molar-refractivity contribution in [3.05, 3.63) is 52.2 Å². The van der Waals surface area contributed by atoms with Gasteiger partial charge in [0.2, 0.25) is 0 Å². The fraction of sp³-hybridized carbons (Fsp3) is 0.455. The number of hydrogen-bond donors (Lipinski definition) is 3. The lowest BCUT2D eigenvalue weighted by Gasteiger charge is -2.25. The number of aliphatic imine (C=N–C) groups is 1. The molecular formula is C22H32IN5OS. The van der Waals surface area contributed by atoms with E-state index in [2.05, 4.69) is 52.3 Å². The van der Waals surface area contributed by atoms with Gasteiger partial charge in [-0.25, -0.2) is 4.79 Å². The number of nitrogens with zero attached hydrogens (tertiary/aromatic N) is 2. The molecule has 8 heteroatoms. The summed E-state index contributed by atoms with van der Waals surface area (Å²) in [5, 5.41) is 11.9. The fourth-order valence-corrected chi connectivity index (χ4v) is 4.20. The predicted octanol–water partition coefficient (Wildman–Crippen LogP) is 4.64. The van der Waals surface area contributed by atoms with Gasteiger partial charge in [-0.1, -0.05) is 32.0 Å². The smallest absolute Gasteiger partial charge is 0.321 e. The Balaban J connectivity index is 0.00000320. The number of urea groups is 1. The Labute approximate surface area is 200 Å². The van der Waals surface area contributed by atoms with Gasteiger partial charge in [0.1, 0.15) is 0 Å². The van der Waals surface area contributed by atoms with Gasteiger partial charge in [-0.15, -0.1) is 35.3 Å². The molecule has 0 bridgehead atoms. The molecule has 0 aliphatic carbocycles. The van der Waals surface area contributed by atoms with E-state index in [0.29, 0.717) is 6.54 Å². The molecule has 0 unspecified atom stereocenters. The average Bonchev–Trinajstić information content (AvgIpc) is 3.42. The number of halogens is 1. The second-order valence-corrected chi connectivity index (χ2v) is 8.91. The number of amides is 2. The van der Waals surface area contributed by atoms with Crippen LogP contribution in [-0.4, -0.2) is 43.6 Å². The molecule has 3 rings (SSSR count). The maximum atomic E-state index is 12.3. The number of likely N-dealkylation sites (tertiary alicyclic amines) is 1. The summed E-state index contributed by atoms with van der Waals surface area (Å²) in [5.41, 5.74) is 1.94. The molecule has 1 saturated heterocycles. The monoisotopic (exact) mass is 541 g/mol. The van der Waals surface area contributed by atoms with Gasteiger partial charge in [-0.2, -0.15) is 0 Å². The third-order valence-electron chi connectivity index (χ3n) is 5.14. The van der Waals surface area contributed by atoms with Crippen molar-refractivity contribution in [1.82, 2.24) is 15.5 Å². The molecule has 6 nitrogen and oxygen atoms in total. The van der Waals surface area contributed by atoms with E-state index in [1.54, 1.807) is 18.4 Å². The zero-order valence-electron chi connectivity index (χ0n) is 17.9. The number of guanidine groups is 1. The van der Waals surface area contributed by atoms with Crippen molar-refractivity contribution < 1.29 is 4.79 Å². The number of anilines is 1. The van der Waals surface area contributed by atoms with Crippen LogP contribution in [0.3, 0.4) is 0 Å². The highest BCUT2D eigenvalue weighted by Gasteiger charge is 2.22. The summed E-state index contributed by atoms with van der Waals surface area (Å²) >= 11 is 1.78. The van der Waals surface area contributed by atoms with Gasteiger partial charge in [0.15, 0.2) is 5.96 Å². The van der Waals surface area contributed by atoms with Crippen LogP contribution in [0.2, 0.25) is 0 Å². The third kappa shape index (κ3) is 6.87. The van der Waals surface area contributed by atoms with Crippen LogP contribution in [0.15, 0.2) is 46.8 Å². The van der Waals surface area contributed by atoms with Crippen LogP contribution in [0.5, 0.6) is 0 Å². The first kappa shape index (κ1) is 24.5. The Morgan fingerprint density at radius 3 is 2.60 bits per heavy atom. The number of carbonyl (C=O) groups is 1. The molecule has 0 spiro atoms. The van der Waals surface area contributed by atoms with E-state index in [9.17, 15) is 4.79 Å². The fourth-order valence-electron chi connectivity index (χ4n) is 3.34. The van der Waals surface area contributed by atoms with Crippen molar-refractivity contribution in [1.29, 1.82) is 0 Å². The van der Waals surface area contributed by atoms with Crippen LogP contribution < -0.4 is 16.0 Å². The predicted molar refractivity (Wildman–Crippen MR) is 137 cm³/mol. The zero-order valence-corrected chi connectivity index (χ0v) is 21.1. The molecule has 164 valence electrons. The minimum atomic E-state index is -0.0131. The maximum Gasteiger partial charge on any atom is 0.321 e. The van der Waals surface area contributed by atoms with Crippen LogP contribution in [-0.2, 0) is 12.0 Å². The first-order valence-electron chi connectivity index (χ1n) is 10.1. The molecule has 0 saturated carbocycles. The minimum Gasteiger partial charge on any atom is -0.356 e. The lowest BCUT2D eigenvalue weighted by molar-refractivity contribution is 0.222. The second kappa shape index (κ2) is 11.5. The number of benzene rings is 1. The topological polar surface area (TPSA) is 68.8 Å². The standard InChI is InChI=1S/C22H31N5OS.HI/c1-22(2,19-10-7-13-29-19)16-25-20(23-3)24-15-17-8-6-9-18(14-17)26-21(28)27-11-4-5-12-27;/h6-10,13-14H,4-5,11-12,15-16H2,1-3H3,(H,26,28)(H2,23,24,25);1H. The first-order chi connectivity index (χ1) is 14.0. The molecular weight excluding hydrogens is 509 g/mol. The maximum absolute atomic E-state index is 12.3. The quantitative estimate of drug-likeness (QED) is 0.284. The SMILES string of the molecule is CN=C(NCc1cccc(NC(=O)N2CCCC2)c1)NCC(C)(C)c1cccs1.I. The summed E-state index contributed by atoms with van der Waals surface area (Å²) in [6, 6.07) is 12.2. The van der Waals surface area contributed by atoms with E-state index < -0.39 is 0 Å². The Kier molecular flexibility index (Phi) is 9.41. The Morgan fingerprint density at radius 1 is 1.17 bits per heavy atom. The van der Waals surface area contributed by atoms with Crippen molar-refractivity contribution in [3.63, 3.8) is 0 Å². The molecule has 0 atom stereocenters. The first-order valence-corrected chi connectivity index (χ1v) is 11.0. The summed E-state index contributed by atoms with van der Waals surface area (Å²) in [6.45, 7) is 7.57. The van der Waals surface area contributed by atoms with Crippen LogP contribution in [0.1, 0.15) is 37.1 Å². The minimum absolute atomic E-state index is 0. The van der Waals surface area contributed by atoms with E-state index in [1.807, 2.05) is 29.2 Å². The summed E-state index contributed by atoms with van der Waals surface area (Å²) in [5.74, 6) is 0.765. The molecule has 3 N–H and O–H groups in total. The van der Waals surface area contributed by atoms with Gasteiger partial charge >= 0.3 is 6.03 Å². The molecule has 1 aliphatic rings. The van der Waals surface area contributed by atoms with Gasteiger partial charge in [0.25, 0.3) is 0 Å². The molecule has 2 heterocycles. The van der Waals surface area contributed by atoms with E-state index >= 15 is 0 Å². The highest BCUT2D eigenvalue weighted by Crippen LogP contribution is 2.26. The Bertz CT molecular complexity index is 832. The molecule has 1 fully saturated rings. The van der Waals surface area contributed by atoms with Gasteiger partial charge in [0, 0.05) is 49.2 Å². The number of thiophene rings is 1. The van der Waals surface area contributed by atoms with Crippen LogP contribution in [0.25, 0.3) is 0 Å².